The first-order chi connectivity index (χ1) is 13.3. The summed E-state index contributed by atoms with van der Waals surface area (Å²) in [5.41, 5.74) is 1.86. The molecule has 1 saturated heterocycles. The van der Waals surface area contributed by atoms with E-state index in [4.69, 9.17) is 34.8 Å². The third-order valence-electron chi connectivity index (χ3n) is 3.90. The maximum absolute atomic E-state index is 12.5. The van der Waals surface area contributed by atoms with E-state index in [1.54, 1.807) is 36.4 Å². The van der Waals surface area contributed by atoms with E-state index >= 15 is 0 Å². The van der Waals surface area contributed by atoms with E-state index in [9.17, 15) is 14.4 Å². The number of benzene rings is 2. The van der Waals surface area contributed by atoms with Gasteiger partial charge in [0, 0.05) is 10.7 Å². The molecule has 0 bridgehead atoms. The van der Waals surface area contributed by atoms with Gasteiger partial charge in [0.2, 0.25) is 5.91 Å². The van der Waals surface area contributed by atoms with Crippen LogP contribution in [0.5, 0.6) is 0 Å². The predicted octanol–water partition coefficient (Wildman–Crippen LogP) is 5.63. The number of halogens is 3. The molecule has 0 atom stereocenters. The van der Waals surface area contributed by atoms with Gasteiger partial charge in [-0.25, -0.2) is 0 Å². The second-order valence-corrected chi connectivity index (χ2v) is 8.11. The summed E-state index contributed by atoms with van der Waals surface area (Å²) in [6, 6.07) is 10.0. The molecule has 28 heavy (non-hydrogen) atoms. The van der Waals surface area contributed by atoms with Crippen LogP contribution in [0.25, 0.3) is 6.08 Å². The standard InChI is InChI=1S/C19H13Cl3N2O3S/c1-10-5-6-12(8-14(10)21)23-16(25)9-24-18(26)15(28-19(24)27)7-11-3-2-4-13(20)17(11)22/h2-8H,9H2,1H3,(H,23,25)/b15-7+. The summed E-state index contributed by atoms with van der Waals surface area (Å²) in [6.45, 7) is 1.43. The van der Waals surface area contributed by atoms with Crippen molar-refractivity contribution in [2.45, 2.75) is 6.92 Å². The topological polar surface area (TPSA) is 66.5 Å². The first kappa shape index (κ1) is 20.7. The molecule has 3 amide bonds. The zero-order chi connectivity index (χ0) is 20.4. The summed E-state index contributed by atoms with van der Waals surface area (Å²) in [6.07, 6.45) is 1.48. The van der Waals surface area contributed by atoms with E-state index in [-0.39, 0.29) is 9.93 Å². The average Bonchev–Trinajstić information content (AvgIpc) is 2.89. The van der Waals surface area contributed by atoms with E-state index in [0.717, 1.165) is 22.2 Å². The minimum atomic E-state index is -0.567. The van der Waals surface area contributed by atoms with Crippen LogP contribution in [0.15, 0.2) is 41.3 Å². The van der Waals surface area contributed by atoms with Gasteiger partial charge in [-0.2, -0.15) is 0 Å². The highest BCUT2D eigenvalue weighted by atomic mass is 35.5. The molecule has 0 radical (unpaired) electrons. The maximum Gasteiger partial charge on any atom is 0.294 e. The van der Waals surface area contributed by atoms with Crippen LogP contribution in [-0.4, -0.2) is 28.5 Å². The number of imide groups is 1. The fourth-order valence-electron chi connectivity index (χ4n) is 2.42. The van der Waals surface area contributed by atoms with Gasteiger partial charge in [0.15, 0.2) is 0 Å². The molecule has 9 heteroatoms. The zero-order valence-electron chi connectivity index (χ0n) is 14.5. The number of carbonyl (C=O) groups is 3. The molecule has 3 rings (SSSR count). The third-order valence-corrected chi connectivity index (χ3v) is 6.05. The van der Waals surface area contributed by atoms with Gasteiger partial charge in [-0.3, -0.25) is 19.3 Å². The van der Waals surface area contributed by atoms with Gasteiger partial charge in [-0.1, -0.05) is 53.0 Å². The van der Waals surface area contributed by atoms with Crippen LogP contribution in [0.3, 0.4) is 0 Å². The number of carbonyl (C=O) groups excluding carboxylic acids is 3. The minimum Gasteiger partial charge on any atom is -0.324 e. The highest BCUT2D eigenvalue weighted by Crippen LogP contribution is 2.35. The number of aryl methyl sites for hydroxylation is 1. The van der Waals surface area contributed by atoms with Crippen molar-refractivity contribution in [2.24, 2.45) is 0 Å². The lowest BCUT2D eigenvalue weighted by Gasteiger charge is -2.13. The molecule has 1 N–H and O–H groups in total. The molecular weight excluding hydrogens is 443 g/mol. The van der Waals surface area contributed by atoms with Gasteiger partial charge in [0.25, 0.3) is 11.1 Å². The molecule has 2 aromatic carbocycles. The number of hydrogen-bond donors (Lipinski definition) is 1. The number of nitrogens with zero attached hydrogens (tertiary/aromatic N) is 1. The Labute approximate surface area is 180 Å². The van der Waals surface area contributed by atoms with Crippen LogP contribution < -0.4 is 5.32 Å². The lowest BCUT2D eigenvalue weighted by atomic mass is 10.2. The number of thioether (sulfide) groups is 1. The van der Waals surface area contributed by atoms with E-state index in [1.165, 1.54) is 6.08 Å². The SMILES string of the molecule is Cc1ccc(NC(=O)CN2C(=O)S/C(=C/c3cccc(Cl)c3Cl)C2=O)cc1Cl. The fourth-order valence-corrected chi connectivity index (χ4v) is 3.80. The van der Waals surface area contributed by atoms with Gasteiger partial charge < -0.3 is 5.32 Å². The monoisotopic (exact) mass is 454 g/mol. The van der Waals surface area contributed by atoms with Gasteiger partial charge in [-0.15, -0.1) is 0 Å². The number of hydrogen-bond acceptors (Lipinski definition) is 4. The second kappa shape index (κ2) is 8.57. The van der Waals surface area contributed by atoms with Crippen molar-refractivity contribution >= 4 is 75.4 Å². The summed E-state index contributed by atoms with van der Waals surface area (Å²) in [5.74, 6) is -1.08. The summed E-state index contributed by atoms with van der Waals surface area (Å²) in [4.78, 5) is 38.0. The first-order valence-electron chi connectivity index (χ1n) is 8.01. The Hall–Kier alpha value is -1.99. The Morgan fingerprint density at radius 2 is 1.89 bits per heavy atom. The van der Waals surface area contributed by atoms with E-state index in [0.29, 0.717) is 21.3 Å². The Kier molecular flexibility index (Phi) is 6.35. The van der Waals surface area contributed by atoms with Crippen LogP contribution in [0, 0.1) is 6.92 Å². The smallest absolute Gasteiger partial charge is 0.294 e. The molecule has 0 unspecified atom stereocenters. The molecule has 1 heterocycles. The van der Waals surface area contributed by atoms with Crippen LogP contribution >= 0.6 is 46.6 Å². The molecule has 1 aliphatic heterocycles. The minimum absolute atomic E-state index is 0.167. The second-order valence-electron chi connectivity index (χ2n) is 5.92. The predicted molar refractivity (Wildman–Crippen MR) is 114 cm³/mol. The largest absolute Gasteiger partial charge is 0.324 e. The Bertz CT molecular complexity index is 1020. The number of rotatable bonds is 4. The van der Waals surface area contributed by atoms with Crippen LogP contribution in [0.1, 0.15) is 11.1 Å². The summed E-state index contributed by atoms with van der Waals surface area (Å²) < 4.78 is 0. The molecule has 0 saturated carbocycles. The highest BCUT2D eigenvalue weighted by molar-refractivity contribution is 8.18. The molecule has 0 aromatic heterocycles. The molecule has 0 aliphatic carbocycles. The number of nitrogens with one attached hydrogen (secondary N) is 1. The van der Waals surface area contributed by atoms with Gasteiger partial charge in [-0.05, 0) is 54.1 Å². The Morgan fingerprint density at radius 3 is 2.61 bits per heavy atom. The van der Waals surface area contributed by atoms with E-state index < -0.39 is 23.6 Å². The normalized spacial score (nSPS) is 15.4. The highest BCUT2D eigenvalue weighted by Gasteiger charge is 2.36. The van der Waals surface area contributed by atoms with Crippen molar-refractivity contribution in [3.63, 3.8) is 0 Å². The summed E-state index contributed by atoms with van der Waals surface area (Å²) >= 11 is 18.9. The third kappa shape index (κ3) is 4.52. The molecule has 144 valence electrons. The Balaban J connectivity index is 1.73. The van der Waals surface area contributed by atoms with Crippen LogP contribution in [-0.2, 0) is 9.59 Å². The van der Waals surface area contributed by atoms with E-state index in [2.05, 4.69) is 5.32 Å². The number of amides is 3. The average molecular weight is 456 g/mol. The molecular formula is C19H13Cl3N2O3S. The van der Waals surface area contributed by atoms with E-state index in [1.807, 2.05) is 6.92 Å². The molecule has 1 fully saturated rings. The Morgan fingerprint density at radius 1 is 1.14 bits per heavy atom. The summed E-state index contributed by atoms with van der Waals surface area (Å²) in [7, 11) is 0. The van der Waals surface area contributed by atoms with Gasteiger partial charge in [0.05, 0.1) is 15.0 Å². The maximum atomic E-state index is 12.5. The van der Waals surface area contributed by atoms with Crippen molar-refractivity contribution in [2.75, 3.05) is 11.9 Å². The summed E-state index contributed by atoms with van der Waals surface area (Å²) in [5, 5.41) is 3.21. The van der Waals surface area contributed by atoms with Crippen LogP contribution in [0.4, 0.5) is 10.5 Å². The van der Waals surface area contributed by atoms with Crippen molar-refractivity contribution in [3.05, 3.63) is 67.5 Å². The van der Waals surface area contributed by atoms with Crippen molar-refractivity contribution in [1.82, 2.24) is 4.90 Å². The number of anilines is 1. The first-order valence-corrected chi connectivity index (χ1v) is 9.96. The van der Waals surface area contributed by atoms with Gasteiger partial charge in [0.1, 0.15) is 6.54 Å². The fraction of sp³-hybridized carbons (Fsp3) is 0.105. The molecule has 2 aromatic rings. The van der Waals surface area contributed by atoms with Crippen molar-refractivity contribution < 1.29 is 14.4 Å². The molecule has 5 nitrogen and oxygen atoms in total. The lowest BCUT2D eigenvalue weighted by Crippen LogP contribution is -2.36. The lowest BCUT2D eigenvalue weighted by molar-refractivity contribution is -0.127. The molecule has 1 aliphatic rings. The quantitative estimate of drug-likeness (QED) is 0.607. The van der Waals surface area contributed by atoms with Gasteiger partial charge >= 0.3 is 0 Å². The van der Waals surface area contributed by atoms with Crippen molar-refractivity contribution in [1.29, 1.82) is 0 Å². The zero-order valence-corrected chi connectivity index (χ0v) is 17.5. The molecule has 0 spiro atoms. The van der Waals surface area contributed by atoms with Crippen LogP contribution in [0.2, 0.25) is 15.1 Å². The van der Waals surface area contributed by atoms with Crippen molar-refractivity contribution in [3.8, 4) is 0 Å².